The molecule has 0 atom stereocenters. The third kappa shape index (κ3) is 4.24. The van der Waals surface area contributed by atoms with Crippen LogP contribution >= 0.6 is 0 Å². The normalized spacial score (nSPS) is 10.9. The number of hydrogen-bond donors (Lipinski definition) is 1. The van der Waals surface area contributed by atoms with Crippen LogP contribution in [0.15, 0.2) is 35.9 Å². The molecule has 1 aromatic rings. The molecule has 0 saturated carbocycles. The first kappa shape index (κ1) is 14.3. The molecule has 0 aromatic heterocycles. The molecule has 1 aromatic carbocycles. The molecule has 0 unspecified atom stereocenters. The molecule has 0 fully saturated rings. The second-order valence-corrected chi connectivity index (χ2v) is 4.09. The zero-order valence-electron chi connectivity index (χ0n) is 10.1. The number of carbonyl (C=O) groups excluding carboxylic acids is 1. The highest BCUT2D eigenvalue weighted by molar-refractivity contribution is 5.87. The van der Waals surface area contributed by atoms with E-state index in [4.69, 9.17) is 0 Å². The second kappa shape index (κ2) is 5.71. The average Bonchev–Trinajstić information content (AvgIpc) is 2.24. The maximum absolute atomic E-state index is 12.7. The number of rotatable bonds is 3. The van der Waals surface area contributed by atoms with Crippen LogP contribution in [-0.2, 0) is 17.5 Å². The van der Waals surface area contributed by atoms with Crippen molar-refractivity contribution in [2.24, 2.45) is 0 Å². The highest BCUT2D eigenvalue weighted by atomic mass is 19.4. The lowest BCUT2D eigenvalue weighted by molar-refractivity contribution is -0.138. The van der Waals surface area contributed by atoms with Crippen LogP contribution in [0.4, 0.5) is 13.2 Å². The molecule has 0 bridgehead atoms. The van der Waals surface area contributed by atoms with Crippen LogP contribution in [-0.4, -0.2) is 5.91 Å². The van der Waals surface area contributed by atoms with E-state index in [1.807, 2.05) is 0 Å². The predicted molar refractivity (Wildman–Crippen MR) is 62.7 cm³/mol. The van der Waals surface area contributed by atoms with E-state index in [0.717, 1.165) is 11.6 Å². The van der Waals surface area contributed by atoms with Crippen LogP contribution < -0.4 is 5.32 Å². The second-order valence-electron chi connectivity index (χ2n) is 4.09. The van der Waals surface area contributed by atoms with Gasteiger partial charge >= 0.3 is 6.18 Å². The van der Waals surface area contributed by atoms with Crippen molar-refractivity contribution < 1.29 is 18.0 Å². The molecule has 0 aliphatic heterocycles. The largest absolute Gasteiger partial charge is 0.416 e. The fraction of sp³-hybridized carbons (Fsp3) is 0.308. The molecular weight excluding hydrogens is 243 g/mol. The van der Waals surface area contributed by atoms with Gasteiger partial charge in [0.2, 0.25) is 5.91 Å². The molecule has 98 valence electrons. The number of hydrogen-bond acceptors (Lipinski definition) is 1. The SMILES string of the molecule is CC(C)=CC(=O)NCc1ccccc1C(F)(F)F. The molecule has 0 saturated heterocycles. The van der Waals surface area contributed by atoms with Crippen molar-refractivity contribution in [3.05, 3.63) is 47.0 Å². The Bertz CT molecular complexity index is 460. The fourth-order valence-electron chi connectivity index (χ4n) is 1.45. The van der Waals surface area contributed by atoms with Crippen molar-refractivity contribution in [1.29, 1.82) is 0 Å². The summed E-state index contributed by atoms with van der Waals surface area (Å²) in [6.45, 7) is 3.34. The topological polar surface area (TPSA) is 29.1 Å². The van der Waals surface area contributed by atoms with Crippen LogP contribution in [0.25, 0.3) is 0 Å². The van der Waals surface area contributed by atoms with Gasteiger partial charge in [0, 0.05) is 12.6 Å². The standard InChI is InChI=1S/C13H14F3NO/c1-9(2)7-12(18)17-8-10-5-3-4-6-11(10)13(14,15)16/h3-7H,8H2,1-2H3,(H,17,18). The summed E-state index contributed by atoms with van der Waals surface area (Å²) in [4.78, 5) is 11.3. The van der Waals surface area contributed by atoms with E-state index in [0.29, 0.717) is 0 Å². The third-order valence-corrected chi connectivity index (χ3v) is 2.20. The number of amides is 1. The summed E-state index contributed by atoms with van der Waals surface area (Å²) in [5, 5.41) is 2.43. The summed E-state index contributed by atoms with van der Waals surface area (Å²) in [5.41, 5.74) is 0.125. The van der Waals surface area contributed by atoms with Gasteiger partial charge in [-0.25, -0.2) is 0 Å². The Morgan fingerprint density at radius 2 is 1.89 bits per heavy atom. The lowest BCUT2D eigenvalue weighted by Crippen LogP contribution is -2.22. The van der Waals surface area contributed by atoms with Gasteiger partial charge in [0.1, 0.15) is 0 Å². The highest BCUT2D eigenvalue weighted by Gasteiger charge is 2.32. The van der Waals surface area contributed by atoms with Gasteiger partial charge in [-0.05, 0) is 25.5 Å². The number of benzene rings is 1. The first-order valence-electron chi connectivity index (χ1n) is 5.38. The van der Waals surface area contributed by atoms with Crippen LogP contribution in [0.5, 0.6) is 0 Å². The van der Waals surface area contributed by atoms with Crippen LogP contribution in [0, 0.1) is 0 Å². The van der Waals surface area contributed by atoms with Gasteiger partial charge in [0.05, 0.1) is 5.56 Å². The Balaban J connectivity index is 2.80. The molecule has 0 radical (unpaired) electrons. The van der Waals surface area contributed by atoms with Crippen molar-refractivity contribution in [2.75, 3.05) is 0 Å². The van der Waals surface area contributed by atoms with E-state index < -0.39 is 17.6 Å². The van der Waals surface area contributed by atoms with Crippen molar-refractivity contribution in [1.82, 2.24) is 5.32 Å². The summed E-state index contributed by atoms with van der Waals surface area (Å²) < 4.78 is 38.0. The summed E-state index contributed by atoms with van der Waals surface area (Å²) in [6, 6.07) is 5.19. The van der Waals surface area contributed by atoms with Crippen LogP contribution in [0.2, 0.25) is 0 Å². The molecule has 0 heterocycles. The van der Waals surface area contributed by atoms with E-state index in [1.54, 1.807) is 13.8 Å². The highest BCUT2D eigenvalue weighted by Crippen LogP contribution is 2.31. The average molecular weight is 257 g/mol. The number of allylic oxidation sites excluding steroid dienone is 1. The summed E-state index contributed by atoms with van der Waals surface area (Å²) in [7, 11) is 0. The van der Waals surface area contributed by atoms with E-state index in [1.165, 1.54) is 24.3 Å². The number of nitrogens with one attached hydrogen (secondary N) is 1. The quantitative estimate of drug-likeness (QED) is 0.827. The fourth-order valence-corrected chi connectivity index (χ4v) is 1.45. The predicted octanol–water partition coefficient (Wildman–Crippen LogP) is 3.29. The van der Waals surface area contributed by atoms with Gasteiger partial charge in [-0.15, -0.1) is 0 Å². The first-order chi connectivity index (χ1) is 8.30. The minimum atomic E-state index is -4.40. The number of alkyl halides is 3. The van der Waals surface area contributed by atoms with Crippen molar-refractivity contribution in [2.45, 2.75) is 26.6 Å². The van der Waals surface area contributed by atoms with E-state index in [-0.39, 0.29) is 12.1 Å². The monoisotopic (exact) mass is 257 g/mol. The number of carbonyl (C=O) groups is 1. The van der Waals surface area contributed by atoms with Crippen molar-refractivity contribution in [3.8, 4) is 0 Å². The van der Waals surface area contributed by atoms with Gasteiger partial charge in [-0.1, -0.05) is 23.8 Å². The minimum absolute atomic E-state index is 0.0560. The first-order valence-corrected chi connectivity index (χ1v) is 5.38. The smallest absolute Gasteiger partial charge is 0.348 e. The molecule has 0 spiro atoms. The summed E-state index contributed by atoms with van der Waals surface area (Å²) in [6.07, 6.45) is -3.06. The zero-order chi connectivity index (χ0) is 13.8. The zero-order valence-corrected chi connectivity index (χ0v) is 10.1. The Hall–Kier alpha value is -1.78. The van der Waals surface area contributed by atoms with E-state index in [2.05, 4.69) is 5.32 Å². The van der Waals surface area contributed by atoms with Crippen LogP contribution in [0.1, 0.15) is 25.0 Å². The molecule has 0 aliphatic rings. The Labute approximate surface area is 104 Å². The lowest BCUT2D eigenvalue weighted by atomic mass is 10.1. The molecule has 18 heavy (non-hydrogen) atoms. The molecule has 5 heteroatoms. The molecular formula is C13H14F3NO. The maximum Gasteiger partial charge on any atom is 0.416 e. The van der Waals surface area contributed by atoms with Gasteiger partial charge in [0.25, 0.3) is 0 Å². The van der Waals surface area contributed by atoms with Gasteiger partial charge in [-0.3, -0.25) is 4.79 Å². The van der Waals surface area contributed by atoms with Crippen LogP contribution in [0.3, 0.4) is 0 Å². The molecule has 0 aliphatic carbocycles. The molecule has 1 amide bonds. The van der Waals surface area contributed by atoms with Gasteiger partial charge in [0.15, 0.2) is 0 Å². The molecule has 1 rings (SSSR count). The minimum Gasteiger partial charge on any atom is -0.348 e. The maximum atomic E-state index is 12.7. The number of halogens is 3. The lowest BCUT2D eigenvalue weighted by Gasteiger charge is -2.12. The summed E-state index contributed by atoms with van der Waals surface area (Å²) in [5.74, 6) is -0.396. The van der Waals surface area contributed by atoms with Gasteiger partial charge < -0.3 is 5.32 Å². The Morgan fingerprint density at radius 1 is 1.28 bits per heavy atom. The third-order valence-electron chi connectivity index (χ3n) is 2.20. The van der Waals surface area contributed by atoms with Gasteiger partial charge in [-0.2, -0.15) is 13.2 Å². The molecule has 2 nitrogen and oxygen atoms in total. The summed E-state index contributed by atoms with van der Waals surface area (Å²) >= 11 is 0. The van der Waals surface area contributed by atoms with E-state index >= 15 is 0 Å². The Morgan fingerprint density at radius 3 is 2.44 bits per heavy atom. The van der Waals surface area contributed by atoms with E-state index in [9.17, 15) is 18.0 Å². The molecule has 1 N–H and O–H groups in total. The van der Waals surface area contributed by atoms with Crippen molar-refractivity contribution >= 4 is 5.91 Å². The van der Waals surface area contributed by atoms with Crippen molar-refractivity contribution in [3.63, 3.8) is 0 Å². The Kier molecular flexibility index (Phi) is 4.53.